The van der Waals surface area contributed by atoms with Gasteiger partial charge in [-0.25, -0.2) is 4.98 Å². The number of aromatic nitrogens is 3. The highest BCUT2D eigenvalue weighted by Gasteiger charge is 2.22. The van der Waals surface area contributed by atoms with Crippen molar-refractivity contribution in [1.29, 1.82) is 5.26 Å². The van der Waals surface area contributed by atoms with Gasteiger partial charge in [-0.05, 0) is 24.6 Å². The maximum Gasteiger partial charge on any atom is 0.269 e. The first-order valence-corrected chi connectivity index (χ1v) is 10.4. The molecule has 0 aromatic carbocycles. The molecule has 1 fully saturated rings. The van der Waals surface area contributed by atoms with Crippen molar-refractivity contribution in [3.63, 3.8) is 0 Å². The summed E-state index contributed by atoms with van der Waals surface area (Å²) in [5, 5.41) is 12.0. The second kappa shape index (κ2) is 8.62. The van der Waals surface area contributed by atoms with Gasteiger partial charge in [0.2, 0.25) is 0 Å². The van der Waals surface area contributed by atoms with Gasteiger partial charge in [0.1, 0.15) is 17.4 Å². The summed E-state index contributed by atoms with van der Waals surface area (Å²) in [4.78, 5) is 35.7. The van der Waals surface area contributed by atoms with Crippen molar-refractivity contribution in [1.82, 2.24) is 24.6 Å². The number of nitrogens with one attached hydrogen (secondary N) is 2. The lowest BCUT2D eigenvalue weighted by atomic mass is 10.2. The summed E-state index contributed by atoms with van der Waals surface area (Å²) >= 11 is 0. The van der Waals surface area contributed by atoms with E-state index in [1.165, 1.54) is 7.05 Å². The molecule has 3 aromatic rings. The molecular weight excluding hydrogens is 394 g/mol. The van der Waals surface area contributed by atoms with E-state index in [0.717, 1.165) is 55.2 Å². The number of carbonyl (C=O) groups is 1. The zero-order valence-electron chi connectivity index (χ0n) is 17.7. The van der Waals surface area contributed by atoms with Crippen LogP contribution in [0.15, 0.2) is 35.4 Å². The maximum absolute atomic E-state index is 12.2. The number of nitriles is 1. The predicted molar refractivity (Wildman–Crippen MR) is 117 cm³/mol. The third kappa shape index (κ3) is 4.02. The predicted octanol–water partition coefficient (Wildman–Crippen LogP) is 1.14. The van der Waals surface area contributed by atoms with E-state index < -0.39 is 0 Å². The Labute approximate surface area is 179 Å². The third-order valence-electron chi connectivity index (χ3n) is 5.74. The van der Waals surface area contributed by atoms with Crippen LogP contribution < -0.4 is 15.8 Å². The average molecular weight is 419 g/mol. The third-order valence-corrected chi connectivity index (χ3v) is 5.74. The summed E-state index contributed by atoms with van der Waals surface area (Å²) in [6.07, 6.45) is 4.58. The van der Waals surface area contributed by atoms with Crippen molar-refractivity contribution in [3.05, 3.63) is 63.5 Å². The number of nitrogens with zero attached hydrogens (tertiary/aromatic N) is 5. The minimum atomic E-state index is -0.309. The van der Waals surface area contributed by atoms with Gasteiger partial charge in [-0.2, -0.15) is 5.26 Å². The van der Waals surface area contributed by atoms with Gasteiger partial charge in [-0.1, -0.05) is 6.92 Å². The molecule has 9 heteroatoms. The number of anilines is 1. The minimum absolute atomic E-state index is 0.0310. The van der Waals surface area contributed by atoms with E-state index in [1.54, 1.807) is 12.1 Å². The van der Waals surface area contributed by atoms with Gasteiger partial charge in [-0.3, -0.25) is 14.5 Å². The van der Waals surface area contributed by atoms with Crippen LogP contribution in [0.1, 0.15) is 34.2 Å². The van der Waals surface area contributed by atoms with Crippen molar-refractivity contribution in [2.45, 2.75) is 19.9 Å². The Hall–Kier alpha value is -3.64. The van der Waals surface area contributed by atoms with Crippen molar-refractivity contribution < 1.29 is 4.79 Å². The van der Waals surface area contributed by atoms with Crippen LogP contribution in [-0.2, 0) is 13.0 Å². The number of amides is 1. The Bertz CT molecular complexity index is 1210. The second-order valence-electron chi connectivity index (χ2n) is 7.58. The molecule has 0 bridgehead atoms. The molecule has 1 aliphatic heterocycles. The quantitative estimate of drug-likeness (QED) is 0.642. The molecule has 160 valence electrons. The van der Waals surface area contributed by atoms with Gasteiger partial charge >= 0.3 is 0 Å². The fourth-order valence-corrected chi connectivity index (χ4v) is 3.97. The molecule has 0 radical (unpaired) electrons. The lowest BCUT2D eigenvalue weighted by Gasteiger charge is -2.36. The van der Waals surface area contributed by atoms with E-state index in [9.17, 15) is 14.9 Å². The van der Waals surface area contributed by atoms with E-state index in [0.29, 0.717) is 6.42 Å². The molecule has 0 atom stereocenters. The second-order valence-corrected chi connectivity index (χ2v) is 7.58. The van der Waals surface area contributed by atoms with E-state index >= 15 is 0 Å². The summed E-state index contributed by atoms with van der Waals surface area (Å²) in [6.45, 7) is 5.84. The van der Waals surface area contributed by atoms with E-state index in [1.807, 2.05) is 29.8 Å². The van der Waals surface area contributed by atoms with Crippen LogP contribution in [0.25, 0.3) is 5.65 Å². The Morgan fingerprint density at radius 3 is 2.68 bits per heavy atom. The number of aromatic amines is 1. The number of pyridine rings is 1. The fraction of sp³-hybridized carbons (Fsp3) is 0.364. The molecule has 0 saturated carbocycles. The summed E-state index contributed by atoms with van der Waals surface area (Å²) in [5.74, 6) is -0.309. The van der Waals surface area contributed by atoms with E-state index in [4.69, 9.17) is 0 Å². The molecule has 4 rings (SSSR count). The first-order chi connectivity index (χ1) is 15.0. The fourth-order valence-electron chi connectivity index (χ4n) is 3.97. The highest BCUT2D eigenvalue weighted by atomic mass is 16.1. The highest BCUT2D eigenvalue weighted by molar-refractivity contribution is 5.92. The van der Waals surface area contributed by atoms with Crippen LogP contribution in [0.3, 0.4) is 0 Å². The Morgan fingerprint density at radius 2 is 2.00 bits per heavy atom. The van der Waals surface area contributed by atoms with Crippen LogP contribution in [0, 0.1) is 11.3 Å². The zero-order chi connectivity index (χ0) is 22.0. The maximum atomic E-state index is 12.2. The number of hydrogen-bond donors (Lipinski definition) is 2. The molecule has 0 unspecified atom stereocenters. The smallest absolute Gasteiger partial charge is 0.269 e. The van der Waals surface area contributed by atoms with Crippen LogP contribution in [0.2, 0.25) is 0 Å². The number of hydrogen-bond acceptors (Lipinski definition) is 6. The molecule has 9 nitrogen and oxygen atoms in total. The van der Waals surface area contributed by atoms with Crippen LogP contribution in [0.5, 0.6) is 0 Å². The average Bonchev–Trinajstić information content (AvgIpc) is 3.19. The lowest BCUT2D eigenvalue weighted by Crippen LogP contribution is -2.46. The number of rotatable bonds is 5. The normalized spacial score (nSPS) is 14.5. The first-order valence-electron chi connectivity index (χ1n) is 10.4. The summed E-state index contributed by atoms with van der Waals surface area (Å²) < 4.78 is 1.98. The largest absolute Gasteiger partial charge is 0.367 e. The number of piperazine rings is 1. The molecule has 31 heavy (non-hydrogen) atoms. The van der Waals surface area contributed by atoms with Crippen molar-refractivity contribution in [2.24, 2.45) is 0 Å². The summed E-state index contributed by atoms with van der Waals surface area (Å²) in [5.41, 5.74) is 3.91. The van der Waals surface area contributed by atoms with Crippen molar-refractivity contribution in [2.75, 3.05) is 38.1 Å². The van der Waals surface area contributed by atoms with Crippen LogP contribution in [-0.4, -0.2) is 58.4 Å². The monoisotopic (exact) mass is 419 g/mol. The molecule has 0 spiro atoms. The summed E-state index contributed by atoms with van der Waals surface area (Å²) in [6, 6.07) is 7.60. The van der Waals surface area contributed by atoms with Gasteiger partial charge in [-0.15, -0.1) is 0 Å². The number of H-pyrrole nitrogens is 1. The van der Waals surface area contributed by atoms with Crippen LogP contribution in [0.4, 0.5) is 5.69 Å². The SMILES string of the molecule is CCc1cn2ccc(CN3CCN(c4ccc(C(=O)NC)nc4C#N)CC3)c2[nH]c1=O. The van der Waals surface area contributed by atoms with Gasteiger partial charge in [0, 0.05) is 63.3 Å². The number of aryl methyl sites for hydroxylation is 1. The number of carbonyl (C=O) groups excluding carboxylic acids is 1. The van der Waals surface area contributed by atoms with E-state index in [2.05, 4.69) is 31.2 Å². The van der Waals surface area contributed by atoms with Crippen molar-refractivity contribution in [3.8, 4) is 6.07 Å². The lowest BCUT2D eigenvalue weighted by molar-refractivity contribution is 0.0958. The zero-order valence-corrected chi connectivity index (χ0v) is 17.7. The molecular formula is C22H25N7O2. The minimum Gasteiger partial charge on any atom is -0.367 e. The van der Waals surface area contributed by atoms with Crippen molar-refractivity contribution >= 4 is 17.2 Å². The molecule has 1 saturated heterocycles. The highest BCUT2D eigenvalue weighted by Crippen LogP contribution is 2.22. The number of fused-ring (bicyclic) bond motifs is 1. The van der Waals surface area contributed by atoms with Gasteiger partial charge in [0.25, 0.3) is 11.5 Å². The van der Waals surface area contributed by atoms with Crippen LogP contribution >= 0.6 is 0 Å². The molecule has 3 aromatic heterocycles. The van der Waals surface area contributed by atoms with Gasteiger partial charge in [0.05, 0.1) is 5.69 Å². The molecule has 1 amide bonds. The first kappa shape index (κ1) is 20.6. The Morgan fingerprint density at radius 1 is 1.23 bits per heavy atom. The Balaban J connectivity index is 1.46. The Kier molecular flexibility index (Phi) is 5.73. The van der Waals surface area contributed by atoms with Gasteiger partial charge in [0.15, 0.2) is 5.69 Å². The molecule has 2 N–H and O–H groups in total. The topological polar surface area (TPSA) is 110 Å². The molecule has 4 heterocycles. The van der Waals surface area contributed by atoms with E-state index in [-0.39, 0.29) is 22.9 Å². The van der Waals surface area contributed by atoms with Gasteiger partial charge < -0.3 is 19.6 Å². The molecule has 1 aliphatic rings. The summed E-state index contributed by atoms with van der Waals surface area (Å²) in [7, 11) is 1.54. The molecule has 0 aliphatic carbocycles. The standard InChI is InChI=1S/C22H25N7O2/c1-3-15-14-29-7-6-16(20(29)26-21(15)30)13-27-8-10-28(11-9-27)19-5-4-17(22(31)24-2)25-18(19)12-23/h4-7,14H,3,8-11,13H2,1-2H3,(H,24,31)(H,26,30).